The molecule has 0 spiro atoms. The first-order valence-corrected chi connectivity index (χ1v) is 8.16. The molecule has 1 unspecified atom stereocenters. The van der Waals surface area contributed by atoms with Crippen LogP contribution in [0.1, 0.15) is 51.9 Å². The van der Waals surface area contributed by atoms with Gasteiger partial charge in [-0.2, -0.15) is 0 Å². The Morgan fingerprint density at radius 2 is 1.89 bits per heavy atom. The second kappa shape index (κ2) is 7.39. The summed E-state index contributed by atoms with van der Waals surface area (Å²) >= 11 is 0. The maximum atomic E-state index is 12.1. The van der Waals surface area contributed by atoms with E-state index < -0.39 is 0 Å². The van der Waals surface area contributed by atoms with Crippen LogP contribution in [0.5, 0.6) is 0 Å². The molecule has 0 bridgehead atoms. The van der Waals surface area contributed by atoms with Gasteiger partial charge in [-0.25, -0.2) is 0 Å². The minimum atomic E-state index is 0.316. The third kappa shape index (κ3) is 4.28. The molecule has 2 fully saturated rings. The monoisotopic (exact) mass is 266 g/mol. The van der Waals surface area contributed by atoms with E-state index in [0.29, 0.717) is 17.7 Å². The Hall–Kier alpha value is -0.410. The predicted molar refractivity (Wildman–Crippen MR) is 79.3 cm³/mol. The summed E-state index contributed by atoms with van der Waals surface area (Å²) in [6.07, 6.45) is 8.10. The van der Waals surface area contributed by atoms with Crippen LogP contribution in [0.15, 0.2) is 0 Å². The van der Waals surface area contributed by atoms with Crippen LogP contribution in [-0.2, 0) is 4.79 Å². The van der Waals surface area contributed by atoms with Crippen LogP contribution in [0.25, 0.3) is 0 Å². The molecule has 0 N–H and O–H groups in total. The van der Waals surface area contributed by atoms with E-state index in [2.05, 4.69) is 23.8 Å². The standard InChI is InChI=1S/C16H30N2O/c1-3-18-11-9-15(10-12-18)17(2)13-14-7-5-4-6-8-16(14)19/h14-15H,3-13H2,1-2H3. The van der Waals surface area contributed by atoms with Crippen LogP contribution in [-0.4, -0.2) is 54.9 Å². The third-order valence-electron chi connectivity index (χ3n) is 5.07. The molecule has 1 atom stereocenters. The zero-order chi connectivity index (χ0) is 13.7. The van der Waals surface area contributed by atoms with Crippen molar-refractivity contribution >= 4 is 5.78 Å². The van der Waals surface area contributed by atoms with Crippen LogP contribution in [0.2, 0.25) is 0 Å². The highest BCUT2D eigenvalue weighted by Crippen LogP contribution is 2.23. The van der Waals surface area contributed by atoms with Crippen LogP contribution >= 0.6 is 0 Å². The highest BCUT2D eigenvalue weighted by Gasteiger charge is 2.26. The third-order valence-corrected chi connectivity index (χ3v) is 5.07. The normalized spacial score (nSPS) is 27.7. The summed E-state index contributed by atoms with van der Waals surface area (Å²) in [5.74, 6) is 0.840. The molecule has 1 saturated heterocycles. The summed E-state index contributed by atoms with van der Waals surface area (Å²) < 4.78 is 0. The number of Topliss-reactive ketones (excluding diaryl/α,β-unsaturated/α-hetero) is 1. The van der Waals surface area contributed by atoms with Crippen molar-refractivity contribution in [2.75, 3.05) is 33.2 Å². The number of carbonyl (C=O) groups is 1. The van der Waals surface area contributed by atoms with Gasteiger partial charge in [0.15, 0.2) is 0 Å². The zero-order valence-electron chi connectivity index (χ0n) is 12.7. The summed E-state index contributed by atoms with van der Waals surface area (Å²) in [4.78, 5) is 17.1. The number of likely N-dealkylation sites (tertiary alicyclic amines) is 1. The summed E-state index contributed by atoms with van der Waals surface area (Å²) in [6.45, 7) is 6.87. The van der Waals surface area contributed by atoms with Crippen molar-refractivity contribution in [1.29, 1.82) is 0 Å². The van der Waals surface area contributed by atoms with E-state index in [1.807, 2.05) is 0 Å². The average molecular weight is 266 g/mol. The lowest BCUT2D eigenvalue weighted by molar-refractivity contribution is -0.123. The number of ketones is 1. The number of hydrogen-bond acceptors (Lipinski definition) is 3. The zero-order valence-corrected chi connectivity index (χ0v) is 12.7. The average Bonchev–Trinajstić information content (AvgIpc) is 2.64. The fourth-order valence-corrected chi connectivity index (χ4v) is 3.60. The first-order valence-electron chi connectivity index (χ1n) is 8.16. The molecule has 1 aliphatic heterocycles. The quantitative estimate of drug-likeness (QED) is 0.731. The van der Waals surface area contributed by atoms with Gasteiger partial charge >= 0.3 is 0 Å². The van der Waals surface area contributed by atoms with E-state index in [0.717, 1.165) is 25.8 Å². The van der Waals surface area contributed by atoms with Gasteiger partial charge in [-0.3, -0.25) is 4.79 Å². The maximum Gasteiger partial charge on any atom is 0.137 e. The maximum absolute atomic E-state index is 12.1. The lowest BCUT2D eigenvalue weighted by atomic mass is 9.96. The topological polar surface area (TPSA) is 23.6 Å². The lowest BCUT2D eigenvalue weighted by Crippen LogP contribution is -2.45. The molecular formula is C16H30N2O. The molecule has 2 rings (SSSR count). The van der Waals surface area contributed by atoms with Gasteiger partial charge in [-0.15, -0.1) is 0 Å². The molecular weight excluding hydrogens is 236 g/mol. The van der Waals surface area contributed by atoms with Crippen LogP contribution < -0.4 is 0 Å². The van der Waals surface area contributed by atoms with Crippen molar-refractivity contribution in [3.05, 3.63) is 0 Å². The van der Waals surface area contributed by atoms with Crippen molar-refractivity contribution in [2.45, 2.75) is 57.9 Å². The molecule has 19 heavy (non-hydrogen) atoms. The molecule has 110 valence electrons. The van der Waals surface area contributed by atoms with E-state index in [4.69, 9.17) is 0 Å². The number of piperidine rings is 1. The van der Waals surface area contributed by atoms with E-state index in [9.17, 15) is 4.79 Å². The van der Waals surface area contributed by atoms with Gasteiger partial charge in [0, 0.05) is 24.9 Å². The van der Waals surface area contributed by atoms with Crippen LogP contribution in [0, 0.1) is 5.92 Å². The molecule has 1 aliphatic carbocycles. The Labute approximate surface area is 118 Å². The Kier molecular flexibility index (Phi) is 5.83. The molecule has 0 amide bonds. The molecule has 0 aromatic carbocycles. The van der Waals surface area contributed by atoms with Crippen LogP contribution in [0.3, 0.4) is 0 Å². The summed E-state index contributed by atoms with van der Waals surface area (Å²) in [6, 6.07) is 0.693. The van der Waals surface area contributed by atoms with E-state index in [-0.39, 0.29) is 0 Å². The number of carbonyl (C=O) groups excluding carboxylic acids is 1. The Bertz CT molecular complexity index is 284. The van der Waals surface area contributed by atoms with Crippen molar-refractivity contribution < 1.29 is 4.79 Å². The van der Waals surface area contributed by atoms with Gasteiger partial charge in [-0.1, -0.05) is 19.8 Å². The molecule has 3 heteroatoms. The SMILES string of the molecule is CCN1CCC(N(C)CC2CCCCCC2=O)CC1. The molecule has 0 aromatic rings. The van der Waals surface area contributed by atoms with Gasteiger partial charge < -0.3 is 9.80 Å². The van der Waals surface area contributed by atoms with Crippen molar-refractivity contribution in [3.63, 3.8) is 0 Å². The number of hydrogen-bond donors (Lipinski definition) is 0. The smallest absolute Gasteiger partial charge is 0.137 e. The van der Waals surface area contributed by atoms with Crippen molar-refractivity contribution in [3.8, 4) is 0 Å². The highest BCUT2D eigenvalue weighted by atomic mass is 16.1. The summed E-state index contributed by atoms with van der Waals surface area (Å²) in [5, 5.41) is 0. The molecule has 0 radical (unpaired) electrons. The fourth-order valence-electron chi connectivity index (χ4n) is 3.60. The number of rotatable bonds is 4. The van der Waals surface area contributed by atoms with E-state index >= 15 is 0 Å². The van der Waals surface area contributed by atoms with Gasteiger partial charge in [-0.05, 0) is 52.4 Å². The van der Waals surface area contributed by atoms with E-state index in [1.54, 1.807) is 0 Å². The predicted octanol–water partition coefficient (Wildman–Crippen LogP) is 2.55. The Balaban J connectivity index is 1.79. The fraction of sp³-hybridized carbons (Fsp3) is 0.938. The first kappa shape index (κ1) is 15.0. The molecule has 1 heterocycles. The van der Waals surface area contributed by atoms with Gasteiger partial charge in [0.2, 0.25) is 0 Å². The minimum Gasteiger partial charge on any atom is -0.303 e. The Morgan fingerprint density at radius 3 is 2.58 bits per heavy atom. The van der Waals surface area contributed by atoms with Crippen molar-refractivity contribution in [1.82, 2.24) is 9.80 Å². The first-order chi connectivity index (χ1) is 9.20. The van der Waals surface area contributed by atoms with Crippen LogP contribution in [0.4, 0.5) is 0 Å². The Morgan fingerprint density at radius 1 is 1.16 bits per heavy atom. The van der Waals surface area contributed by atoms with Gasteiger partial charge in [0.05, 0.1) is 0 Å². The van der Waals surface area contributed by atoms with Gasteiger partial charge in [0.1, 0.15) is 5.78 Å². The van der Waals surface area contributed by atoms with Gasteiger partial charge in [0.25, 0.3) is 0 Å². The number of nitrogens with zero attached hydrogens (tertiary/aromatic N) is 2. The lowest BCUT2D eigenvalue weighted by Gasteiger charge is -2.37. The van der Waals surface area contributed by atoms with E-state index in [1.165, 1.54) is 45.3 Å². The highest BCUT2D eigenvalue weighted by molar-refractivity contribution is 5.81. The summed E-state index contributed by atoms with van der Waals surface area (Å²) in [7, 11) is 2.23. The largest absolute Gasteiger partial charge is 0.303 e. The van der Waals surface area contributed by atoms with Crippen molar-refractivity contribution in [2.24, 2.45) is 5.92 Å². The molecule has 0 aromatic heterocycles. The molecule has 2 aliphatic rings. The molecule has 3 nitrogen and oxygen atoms in total. The molecule has 1 saturated carbocycles. The second-order valence-corrected chi connectivity index (χ2v) is 6.37. The second-order valence-electron chi connectivity index (χ2n) is 6.37. The summed E-state index contributed by atoms with van der Waals surface area (Å²) in [5.41, 5.74) is 0. The minimum absolute atomic E-state index is 0.316.